The van der Waals surface area contributed by atoms with E-state index in [4.69, 9.17) is 0 Å². The molecule has 1 heteroatoms. The number of Topliss-reactive ketones (excluding diaryl/α,β-unsaturated/α-hetero) is 1. The molecule has 0 spiro atoms. The normalized spacial score (nSPS) is 35.3. The number of hydrogen-bond donors (Lipinski definition) is 0. The number of allylic oxidation sites excluding steroid dienone is 4. The van der Waals surface area contributed by atoms with Crippen LogP contribution >= 0.6 is 0 Å². The zero-order valence-corrected chi connectivity index (χ0v) is 9.05. The maximum Gasteiger partial charge on any atom is 0.136 e. The van der Waals surface area contributed by atoms with Crippen molar-refractivity contribution in [2.45, 2.75) is 39.5 Å². The quantitative estimate of drug-likeness (QED) is 0.667. The molecule has 1 nitrogen and oxygen atoms in total. The number of ketones is 1. The first-order chi connectivity index (χ1) is 6.70. The molecular formula is C13H18O. The third-order valence-corrected chi connectivity index (χ3v) is 3.90. The molecule has 2 aliphatic carbocycles. The van der Waals surface area contributed by atoms with Crippen molar-refractivity contribution in [2.75, 3.05) is 0 Å². The molecule has 0 aromatic rings. The van der Waals surface area contributed by atoms with Crippen molar-refractivity contribution < 1.29 is 4.79 Å². The number of hydrogen-bond acceptors (Lipinski definition) is 1. The van der Waals surface area contributed by atoms with E-state index in [1.54, 1.807) is 6.92 Å². The maximum atomic E-state index is 11.6. The molecule has 0 saturated heterocycles. The first-order valence-corrected chi connectivity index (χ1v) is 5.57. The van der Waals surface area contributed by atoms with Gasteiger partial charge in [-0.3, -0.25) is 4.79 Å². The Morgan fingerprint density at radius 2 is 2.43 bits per heavy atom. The largest absolute Gasteiger partial charge is 0.299 e. The van der Waals surface area contributed by atoms with E-state index in [9.17, 15) is 4.79 Å². The van der Waals surface area contributed by atoms with E-state index in [1.807, 2.05) is 0 Å². The van der Waals surface area contributed by atoms with Gasteiger partial charge in [0.15, 0.2) is 0 Å². The Kier molecular flexibility index (Phi) is 2.34. The predicted molar refractivity (Wildman–Crippen MR) is 58.0 cm³/mol. The van der Waals surface area contributed by atoms with Gasteiger partial charge in [-0.1, -0.05) is 30.7 Å². The summed E-state index contributed by atoms with van der Waals surface area (Å²) >= 11 is 0. The Balaban J connectivity index is 2.13. The Hall–Kier alpha value is -0.850. The fourth-order valence-corrected chi connectivity index (χ4v) is 2.73. The minimum absolute atomic E-state index is 0.0248. The average molecular weight is 190 g/mol. The Labute approximate surface area is 85.9 Å². The third-order valence-electron chi connectivity index (χ3n) is 3.90. The fourth-order valence-electron chi connectivity index (χ4n) is 2.73. The zero-order valence-electron chi connectivity index (χ0n) is 9.05. The van der Waals surface area contributed by atoms with Gasteiger partial charge in [-0.15, -0.1) is 0 Å². The summed E-state index contributed by atoms with van der Waals surface area (Å²) in [6.07, 6.45) is 11.0. The van der Waals surface area contributed by atoms with Gasteiger partial charge in [-0.05, 0) is 38.5 Å². The summed E-state index contributed by atoms with van der Waals surface area (Å²) in [5.41, 5.74) is 1.53. The van der Waals surface area contributed by atoms with Crippen molar-refractivity contribution >= 4 is 5.78 Å². The van der Waals surface area contributed by atoms with Crippen LogP contribution in [0, 0.1) is 11.3 Å². The smallest absolute Gasteiger partial charge is 0.136 e. The topological polar surface area (TPSA) is 17.1 Å². The van der Waals surface area contributed by atoms with Crippen LogP contribution in [-0.2, 0) is 4.79 Å². The van der Waals surface area contributed by atoms with Crippen LogP contribution in [0.2, 0.25) is 0 Å². The van der Waals surface area contributed by atoms with Gasteiger partial charge in [-0.2, -0.15) is 0 Å². The second-order valence-corrected chi connectivity index (χ2v) is 4.53. The van der Waals surface area contributed by atoms with Gasteiger partial charge in [0.1, 0.15) is 5.78 Å². The summed E-state index contributed by atoms with van der Waals surface area (Å²) in [7, 11) is 0. The molecule has 0 amide bonds. The number of carbonyl (C=O) groups is 1. The van der Waals surface area contributed by atoms with Gasteiger partial charge in [0, 0.05) is 5.41 Å². The summed E-state index contributed by atoms with van der Waals surface area (Å²) in [5, 5.41) is 0. The van der Waals surface area contributed by atoms with E-state index in [-0.39, 0.29) is 5.41 Å². The molecule has 0 radical (unpaired) electrons. The number of rotatable bonds is 3. The Morgan fingerprint density at radius 3 is 2.86 bits per heavy atom. The van der Waals surface area contributed by atoms with Gasteiger partial charge in [0.2, 0.25) is 0 Å². The summed E-state index contributed by atoms with van der Waals surface area (Å²) in [5.74, 6) is 0.954. The van der Waals surface area contributed by atoms with Gasteiger partial charge < -0.3 is 0 Å². The average Bonchev–Trinajstić information content (AvgIpc) is 2.95. The Bertz CT molecular complexity index is 311. The molecule has 76 valence electrons. The molecule has 1 fully saturated rings. The standard InChI is InChI=1S/C13H18O/c1-3-13(10(2)14)9-12(13)11-7-5-4-6-8-11/h4-5,7,12H,3,6,8-9H2,1-2H3/t12-,13+/m0/s1. The summed E-state index contributed by atoms with van der Waals surface area (Å²) < 4.78 is 0. The highest BCUT2D eigenvalue weighted by Crippen LogP contribution is 2.60. The molecule has 0 aromatic carbocycles. The van der Waals surface area contributed by atoms with E-state index in [0.29, 0.717) is 11.7 Å². The van der Waals surface area contributed by atoms with Crippen LogP contribution in [0.15, 0.2) is 23.8 Å². The number of carbonyl (C=O) groups excluding carboxylic acids is 1. The van der Waals surface area contributed by atoms with Crippen molar-refractivity contribution in [1.82, 2.24) is 0 Å². The van der Waals surface area contributed by atoms with Crippen LogP contribution in [0.25, 0.3) is 0 Å². The molecule has 0 unspecified atom stereocenters. The lowest BCUT2D eigenvalue weighted by Crippen LogP contribution is -2.14. The molecule has 1 saturated carbocycles. The van der Waals surface area contributed by atoms with Gasteiger partial charge in [0.05, 0.1) is 0 Å². The lowest BCUT2D eigenvalue weighted by atomic mass is 9.89. The van der Waals surface area contributed by atoms with Crippen LogP contribution in [0.4, 0.5) is 0 Å². The molecule has 0 heterocycles. The lowest BCUT2D eigenvalue weighted by Gasteiger charge is -2.14. The van der Waals surface area contributed by atoms with E-state index in [2.05, 4.69) is 25.2 Å². The van der Waals surface area contributed by atoms with Crippen molar-refractivity contribution in [2.24, 2.45) is 11.3 Å². The monoisotopic (exact) mass is 190 g/mol. The fraction of sp³-hybridized carbons (Fsp3) is 0.615. The van der Waals surface area contributed by atoms with Crippen LogP contribution in [0.5, 0.6) is 0 Å². The Morgan fingerprint density at radius 1 is 1.64 bits per heavy atom. The van der Waals surface area contributed by atoms with Crippen LogP contribution in [0.3, 0.4) is 0 Å². The molecule has 14 heavy (non-hydrogen) atoms. The molecule has 0 aliphatic heterocycles. The predicted octanol–water partition coefficient (Wildman–Crippen LogP) is 3.27. The van der Waals surface area contributed by atoms with Crippen LogP contribution < -0.4 is 0 Å². The van der Waals surface area contributed by atoms with E-state index < -0.39 is 0 Å². The highest BCUT2D eigenvalue weighted by molar-refractivity contribution is 5.86. The second-order valence-electron chi connectivity index (χ2n) is 4.53. The second kappa shape index (κ2) is 3.38. The molecule has 0 N–H and O–H groups in total. The van der Waals surface area contributed by atoms with Crippen molar-refractivity contribution in [1.29, 1.82) is 0 Å². The minimum Gasteiger partial charge on any atom is -0.299 e. The molecule has 0 aromatic heterocycles. The van der Waals surface area contributed by atoms with Crippen LogP contribution in [0.1, 0.15) is 39.5 Å². The molecule has 2 atom stereocenters. The van der Waals surface area contributed by atoms with E-state index >= 15 is 0 Å². The van der Waals surface area contributed by atoms with Crippen LogP contribution in [-0.4, -0.2) is 5.78 Å². The van der Waals surface area contributed by atoms with E-state index in [1.165, 1.54) is 5.57 Å². The molecule has 2 aliphatic rings. The summed E-state index contributed by atoms with van der Waals surface area (Å²) in [4.78, 5) is 11.6. The maximum absolute atomic E-state index is 11.6. The first-order valence-electron chi connectivity index (χ1n) is 5.57. The zero-order chi connectivity index (χ0) is 10.2. The summed E-state index contributed by atoms with van der Waals surface area (Å²) in [6, 6.07) is 0. The lowest BCUT2D eigenvalue weighted by molar-refractivity contribution is -0.122. The highest BCUT2D eigenvalue weighted by atomic mass is 16.1. The SMILES string of the molecule is CC[C@]1(C(C)=O)C[C@H]1C1=CC=CCC1. The third kappa shape index (κ3) is 1.35. The molecular weight excluding hydrogens is 172 g/mol. The summed E-state index contributed by atoms with van der Waals surface area (Å²) in [6.45, 7) is 3.89. The van der Waals surface area contributed by atoms with Crippen molar-refractivity contribution in [3.63, 3.8) is 0 Å². The van der Waals surface area contributed by atoms with Gasteiger partial charge >= 0.3 is 0 Å². The highest BCUT2D eigenvalue weighted by Gasteiger charge is 2.57. The first kappa shape index (κ1) is 9.70. The molecule has 0 bridgehead atoms. The molecule has 2 rings (SSSR count). The van der Waals surface area contributed by atoms with Gasteiger partial charge in [0.25, 0.3) is 0 Å². The minimum atomic E-state index is 0.0248. The van der Waals surface area contributed by atoms with E-state index in [0.717, 1.165) is 25.7 Å². The van der Waals surface area contributed by atoms with Crippen molar-refractivity contribution in [3.05, 3.63) is 23.8 Å². The van der Waals surface area contributed by atoms with Crippen molar-refractivity contribution in [3.8, 4) is 0 Å². The van der Waals surface area contributed by atoms with Gasteiger partial charge in [-0.25, -0.2) is 0 Å².